The lowest BCUT2D eigenvalue weighted by Crippen LogP contribution is -2.22. The van der Waals surface area contributed by atoms with Crippen molar-refractivity contribution in [3.8, 4) is 5.75 Å². The molecule has 0 spiro atoms. The van der Waals surface area contributed by atoms with Crippen LogP contribution in [-0.4, -0.2) is 19.1 Å². The molecule has 4 aromatic carbocycles. The quantitative estimate of drug-likeness (QED) is 0.207. The van der Waals surface area contributed by atoms with Crippen LogP contribution in [0.2, 0.25) is 0 Å². The van der Waals surface area contributed by atoms with E-state index in [1.807, 2.05) is 67.6 Å². The first-order valence-electron chi connectivity index (χ1n) is 12.2. The van der Waals surface area contributed by atoms with E-state index in [4.69, 9.17) is 4.74 Å². The van der Waals surface area contributed by atoms with Gasteiger partial charge < -0.3 is 4.74 Å². The molecule has 0 aromatic heterocycles. The third-order valence-corrected chi connectivity index (χ3v) is 7.79. The number of nitrogens with one attached hydrogen (secondary N) is 2. The highest BCUT2D eigenvalue weighted by Crippen LogP contribution is 2.36. The van der Waals surface area contributed by atoms with E-state index in [9.17, 15) is 18.5 Å². The third kappa shape index (κ3) is 5.60. The van der Waals surface area contributed by atoms with Crippen LogP contribution in [0.3, 0.4) is 0 Å². The zero-order chi connectivity index (χ0) is 27.6. The number of hydrogen-bond acceptors (Lipinski definition) is 7. The van der Waals surface area contributed by atoms with Crippen LogP contribution < -0.4 is 14.9 Å². The summed E-state index contributed by atoms with van der Waals surface area (Å²) < 4.78 is 34.8. The standard InChI is InChI=1S/C29H26N4O5S/c1-19-12-14-24(20(2)16-19)32-39(36,37)22-13-15-25(27(17-22)33(34)35)30-31-26-18-29(21-8-4-3-5-9-21)38-28-11-7-6-10-23(26)28/h3-17,29-30,32H,18H2,1-2H3/b31-26-. The molecule has 9 nitrogen and oxygen atoms in total. The molecule has 1 atom stereocenters. The smallest absolute Gasteiger partial charge is 0.295 e. The monoisotopic (exact) mass is 542 g/mol. The molecule has 2 N–H and O–H groups in total. The van der Waals surface area contributed by atoms with E-state index in [1.54, 1.807) is 19.1 Å². The van der Waals surface area contributed by atoms with Crippen molar-refractivity contribution in [2.75, 3.05) is 10.1 Å². The fourth-order valence-electron chi connectivity index (χ4n) is 4.43. The zero-order valence-corrected chi connectivity index (χ0v) is 22.1. The number of sulfonamides is 1. The molecule has 0 aliphatic carbocycles. The van der Waals surface area contributed by atoms with Crippen LogP contribution in [0.25, 0.3) is 0 Å². The van der Waals surface area contributed by atoms with E-state index in [0.29, 0.717) is 23.6 Å². The Morgan fingerprint density at radius 2 is 1.64 bits per heavy atom. The Morgan fingerprint density at radius 1 is 0.923 bits per heavy atom. The molecule has 0 amide bonds. The number of hydrogen-bond donors (Lipinski definition) is 2. The van der Waals surface area contributed by atoms with E-state index < -0.39 is 20.6 Å². The molecule has 39 heavy (non-hydrogen) atoms. The van der Waals surface area contributed by atoms with E-state index >= 15 is 0 Å². The molecule has 1 aliphatic heterocycles. The first kappa shape index (κ1) is 25.9. The number of benzene rings is 4. The molecule has 0 saturated carbocycles. The number of nitro benzene ring substituents is 1. The number of hydrazone groups is 1. The topological polar surface area (TPSA) is 123 Å². The highest BCUT2D eigenvalue weighted by atomic mass is 32.2. The molecule has 1 unspecified atom stereocenters. The number of fused-ring (bicyclic) bond motifs is 1. The van der Waals surface area contributed by atoms with Gasteiger partial charge in [-0.05, 0) is 55.3 Å². The minimum absolute atomic E-state index is 0.0678. The number of nitrogens with zero attached hydrogens (tertiary/aromatic N) is 2. The van der Waals surface area contributed by atoms with Crippen molar-refractivity contribution in [3.63, 3.8) is 0 Å². The maximum absolute atomic E-state index is 13.0. The minimum Gasteiger partial charge on any atom is -0.485 e. The van der Waals surface area contributed by atoms with E-state index in [0.717, 1.165) is 28.3 Å². The van der Waals surface area contributed by atoms with E-state index in [1.165, 1.54) is 12.1 Å². The SMILES string of the molecule is Cc1ccc(NS(=O)(=O)c2ccc(N/N=C3/CC(c4ccccc4)Oc4ccccc43)c([N+](=O)[O-])c2)c(C)c1. The lowest BCUT2D eigenvalue weighted by atomic mass is 9.96. The molecule has 1 heterocycles. The van der Waals surface area contributed by atoms with Gasteiger partial charge in [0.2, 0.25) is 0 Å². The van der Waals surface area contributed by atoms with Crippen LogP contribution in [-0.2, 0) is 10.0 Å². The molecule has 10 heteroatoms. The molecule has 198 valence electrons. The molecule has 5 rings (SSSR count). The van der Waals surface area contributed by atoms with Crippen molar-refractivity contribution in [1.29, 1.82) is 0 Å². The van der Waals surface area contributed by atoms with Gasteiger partial charge in [-0.25, -0.2) is 8.42 Å². The summed E-state index contributed by atoms with van der Waals surface area (Å²) in [5.41, 5.74) is 7.01. The summed E-state index contributed by atoms with van der Waals surface area (Å²) >= 11 is 0. The van der Waals surface area contributed by atoms with Crippen LogP contribution in [0, 0.1) is 24.0 Å². The fraction of sp³-hybridized carbons (Fsp3) is 0.138. The predicted molar refractivity (Wildman–Crippen MR) is 151 cm³/mol. The molecule has 0 saturated heterocycles. The van der Waals surface area contributed by atoms with Crippen molar-refractivity contribution >= 4 is 32.8 Å². The summed E-state index contributed by atoms with van der Waals surface area (Å²) in [7, 11) is -4.07. The van der Waals surface area contributed by atoms with Crippen LogP contribution in [0.5, 0.6) is 5.75 Å². The van der Waals surface area contributed by atoms with Gasteiger partial charge in [0.1, 0.15) is 17.5 Å². The summed E-state index contributed by atoms with van der Waals surface area (Å²) in [6.07, 6.45) is 0.161. The largest absolute Gasteiger partial charge is 0.485 e. The molecular formula is C29H26N4O5S. The summed E-state index contributed by atoms with van der Waals surface area (Å²) in [4.78, 5) is 11.1. The van der Waals surface area contributed by atoms with Gasteiger partial charge >= 0.3 is 0 Å². The third-order valence-electron chi connectivity index (χ3n) is 6.43. The number of anilines is 2. The lowest BCUT2D eigenvalue weighted by Gasteiger charge is -2.27. The molecule has 1 aliphatic rings. The number of ether oxygens (including phenoxy) is 1. The number of aryl methyl sites for hydroxylation is 2. The van der Waals surface area contributed by atoms with Gasteiger partial charge in [0.25, 0.3) is 15.7 Å². The Morgan fingerprint density at radius 3 is 2.38 bits per heavy atom. The summed E-state index contributed by atoms with van der Waals surface area (Å²) in [6.45, 7) is 3.70. The number of rotatable bonds is 7. The molecule has 0 fully saturated rings. The van der Waals surface area contributed by atoms with Crippen molar-refractivity contribution in [2.45, 2.75) is 31.3 Å². The highest BCUT2D eigenvalue weighted by Gasteiger charge is 2.27. The van der Waals surface area contributed by atoms with Crippen molar-refractivity contribution in [1.82, 2.24) is 0 Å². The van der Waals surface area contributed by atoms with Crippen LogP contribution in [0.4, 0.5) is 17.1 Å². The van der Waals surface area contributed by atoms with Crippen molar-refractivity contribution in [2.24, 2.45) is 5.10 Å². The zero-order valence-electron chi connectivity index (χ0n) is 21.3. The average Bonchev–Trinajstić information content (AvgIpc) is 2.93. The second-order valence-corrected chi connectivity index (χ2v) is 10.9. The van der Waals surface area contributed by atoms with Gasteiger partial charge in [0.05, 0.1) is 21.2 Å². The van der Waals surface area contributed by atoms with Gasteiger partial charge in [-0.3, -0.25) is 20.3 Å². The van der Waals surface area contributed by atoms with Gasteiger partial charge in [0.15, 0.2) is 0 Å². The summed E-state index contributed by atoms with van der Waals surface area (Å²) in [5, 5.41) is 16.4. The second kappa shape index (κ2) is 10.6. The van der Waals surface area contributed by atoms with E-state index in [2.05, 4.69) is 15.2 Å². The van der Waals surface area contributed by atoms with Crippen LogP contribution >= 0.6 is 0 Å². The fourth-order valence-corrected chi connectivity index (χ4v) is 5.58. The Balaban J connectivity index is 1.45. The molecule has 4 aromatic rings. The van der Waals surface area contributed by atoms with E-state index in [-0.39, 0.29) is 16.7 Å². The highest BCUT2D eigenvalue weighted by molar-refractivity contribution is 7.92. The van der Waals surface area contributed by atoms with Gasteiger partial charge in [-0.15, -0.1) is 0 Å². The first-order valence-corrected chi connectivity index (χ1v) is 13.7. The first-order chi connectivity index (χ1) is 18.7. The van der Waals surface area contributed by atoms with Gasteiger partial charge in [-0.2, -0.15) is 5.10 Å². The average molecular weight is 543 g/mol. The Bertz CT molecular complexity index is 1690. The number of nitro groups is 1. The number of para-hydroxylation sites is 1. The summed E-state index contributed by atoms with van der Waals surface area (Å²) in [5.74, 6) is 0.659. The van der Waals surface area contributed by atoms with Crippen molar-refractivity contribution in [3.05, 3.63) is 123 Å². The molecular weight excluding hydrogens is 516 g/mol. The van der Waals surface area contributed by atoms with Gasteiger partial charge in [0, 0.05) is 18.1 Å². The lowest BCUT2D eigenvalue weighted by molar-refractivity contribution is -0.384. The Hall–Kier alpha value is -4.70. The normalized spacial score (nSPS) is 15.7. The maximum atomic E-state index is 13.0. The maximum Gasteiger partial charge on any atom is 0.295 e. The predicted octanol–water partition coefficient (Wildman–Crippen LogP) is 6.35. The molecule has 0 bridgehead atoms. The Kier molecular flexibility index (Phi) is 7.03. The second-order valence-electron chi connectivity index (χ2n) is 9.25. The molecule has 0 radical (unpaired) electrons. The van der Waals surface area contributed by atoms with Crippen LogP contribution in [0.1, 0.15) is 34.8 Å². The minimum atomic E-state index is -4.07. The Labute approximate surface area is 226 Å². The van der Waals surface area contributed by atoms with Crippen LogP contribution in [0.15, 0.2) is 101 Å². The summed E-state index contributed by atoms with van der Waals surface area (Å²) in [6, 6.07) is 26.2. The van der Waals surface area contributed by atoms with Crippen molar-refractivity contribution < 1.29 is 18.1 Å². The van der Waals surface area contributed by atoms with Gasteiger partial charge in [-0.1, -0.05) is 60.2 Å².